The lowest BCUT2D eigenvalue weighted by Gasteiger charge is -2.24. The smallest absolute Gasteiger partial charge is 0.123 e. The molecule has 0 aliphatic carbocycles. The summed E-state index contributed by atoms with van der Waals surface area (Å²) in [5.41, 5.74) is 6.56. The molecule has 18 heavy (non-hydrogen) atoms. The highest BCUT2D eigenvalue weighted by Gasteiger charge is 2.06. The highest BCUT2D eigenvalue weighted by atomic mass is 19.1. The molecule has 102 valence electrons. The van der Waals surface area contributed by atoms with Gasteiger partial charge in [-0.3, -0.25) is 0 Å². The second kappa shape index (κ2) is 8.89. The number of anilines is 1. The van der Waals surface area contributed by atoms with Gasteiger partial charge in [-0.05, 0) is 43.7 Å². The van der Waals surface area contributed by atoms with Gasteiger partial charge in [0.15, 0.2) is 0 Å². The van der Waals surface area contributed by atoms with Gasteiger partial charge in [0, 0.05) is 25.4 Å². The van der Waals surface area contributed by atoms with Crippen molar-refractivity contribution in [3.63, 3.8) is 0 Å². The molecule has 0 saturated carbocycles. The largest absolute Gasteiger partial charge is 0.380 e. The van der Waals surface area contributed by atoms with Crippen molar-refractivity contribution < 1.29 is 9.13 Å². The van der Waals surface area contributed by atoms with Crippen LogP contribution in [0.2, 0.25) is 0 Å². The van der Waals surface area contributed by atoms with Crippen LogP contribution in [0.1, 0.15) is 19.8 Å². The standard InChI is InChI=1S/C14H23FN2O/c1-2-11-18-12-10-17(9-3-8-16)14-6-4-13(15)5-7-14/h4-7H,2-3,8-12,16H2,1H3. The van der Waals surface area contributed by atoms with Crippen LogP contribution in [-0.2, 0) is 4.74 Å². The number of hydrogen-bond donors (Lipinski definition) is 1. The average Bonchev–Trinajstić information content (AvgIpc) is 2.39. The SMILES string of the molecule is CCCOCCN(CCCN)c1ccc(F)cc1. The average molecular weight is 254 g/mol. The van der Waals surface area contributed by atoms with Gasteiger partial charge in [-0.15, -0.1) is 0 Å². The van der Waals surface area contributed by atoms with E-state index in [1.165, 1.54) is 12.1 Å². The summed E-state index contributed by atoms with van der Waals surface area (Å²) < 4.78 is 18.4. The number of hydrogen-bond acceptors (Lipinski definition) is 3. The summed E-state index contributed by atoms with van der Waals surface area (Å²) in [4.78, 5) is 2.18. The second-order valence-corrected chi connectivity index (χ2v) is 4.22. The molecule has 3 nitrogen and oxygen atoms in total. The van der Waals surface area contributed by atoms with Crippen LogP contribution in [0.3, 0.4) is 0 Å². The first kappa shape index (κ1) is 14.9. The third-order valence-electron chi connectivity index (χ3n) is 2.68. The number of nitrogens with zero attached hydrogens (tertiary/aromatic N) is 1. The Kier molecular flexibility index (Phi) is 7.37. The molecule has 1 rings (SSSR count). The summed E-state index contributed by atoms with van der Waals surface area (Å²) in [5, 5.41) is 0. The van der Waals surface area contributed by atoms with Crippen LogP contribution in [0, 0.1) is 5.82 Å². The molecule has 0 fully saturated rings. The van der Waals surface area contributed by atoms with E-state index in [4.69, 9.17) is 10.5 Å². The molecule has 1 aromatic carbocycles. The minimum absolute atomic E-state index is 0.209. The minimum Gasteiger partial charge on any atom is -0.380 e. The first-order valence-electron chi connectivity index (χ1n) is 6.56. The van der Waals surface area contributed by atoms with Gasteiger partial charge < -0.3 is 15.4 Å². The van der Waals surface area contributed by atoms with Crippen molar-refractivity contribution in [2.24, 2.45) is 5.73 Å². The summed E-state index contributed by atoms with van der Waals surface area (Å²) in [6.07, 6.45) is 1.95. The van der Waals surface area contributed by atoms with Crippen molar-refractivity contribution in [2.45, 2.75) is 19.8 Å². The Labute approximate surface area is 109 Å². The van der Waals surface area contributed by atoms with Crippen molar-refractivity contribution in [3.8, 4) is 0 Å². The van der Waals surface area contributed by atoms with E-state index in [0.717, 1.165) is 38.2 Å². The highest BCUT2D eigenvalue weighted by molar-refractivity contribution is 5.46. The monoisotopic (exact) mass is 254 g/mol. The molecule has 0 aliphatic rings. The van der Waals surface area contributed by atoms with Crippen molar-refractivity contribution in [2.75, 3.05) is 37.7 Å². The summed E-state index contributed by atoms with van der Waals surface area (Å²) >= 11 is 0. The van der Waals surface area contributed by atoms with Gasteiger partial charge in [-0.25, -0.2) is 4.39 Å². The lowest BCUT2D eigenvalue weighted by molar-refractivity contribution is 0.140. The summed E-state index contributed by atoms with van der Waals surface area (Å²) in [5.74, 6) is -0.209. The highest BCUT2D eigenvalue weighted by Crippen LogP contribution is 2.14. The van der Waals surface area contributed by atoms with E-state index in [9.17, 15) is 4.39 Å². The van der Waals surface area contributed by atoms with Crippen molar-refractivity contribution in [1.82, 2.24) is 0 Å². The number of halogens is 1. The Hall–Kier alpha value is -1.13. The molecule has 4 heteroatoms. The summed E-state index contributed by atoms with van der Waals surface area (Å²) in [6, 6.07) is 6.56. The van der Waals surface area contributed by atoms with Gasteiger partial charge in [-0.2, -0.15) is 0 Å². The van der Waals surface area contributed by atoms with Crippen molar-refractivity contribution in [1.29, 1.82) is 0 Å². The van der Waals surface area contributed by atoms with Crippen molar-refractivity contribution >= 4 is 5.69 Å². The molecular formula is C14H23FN2O. The number of benzene rings is 1. The van der Waals surface area contributed by atoms with Crippen LogP contribution in [0.5, 0.6) is 0 Å². The molecule has 0 heterocycles. The van der Waals surface area contributed by atoms with Gasteiger partial charge in [0.1, 0.15) is 5.82 Å². The molecule has 0 aromatic heterocycles. The van der Waals surface area contributed by atoms with Gasteiger partial charge in [0.25, 0.3) is 0 Å². The fraction of sp³-hybridized carbons (Fsp3) is 0.571. The number of ether oxygens (including phenoxy) is 1. The van der Waals surface area contributed by atoms with E-state index in [1.807, 2.05) is 0 Å². The fourth-order valence-corrected chi connectivity index (χ4v) is 1.73. The van der Waals surface area contributed by atoms with Gasteiger partial charge in [0.2, 0.25) is 0 Å². The normalized spacial score (nSPS) is 10.6. The molecule has 0 atom stereocenters. The molecule has 0 unspecified atom stereocenters. The van der Waals surface area contributed by atoms with Gasteiger partial charge in [-0.1, -0.05) is 6.92 Å². The molecule has 2 N–H and O–H groups in total. The Bertz CT molecular complexity index is 316. The maximum absolute atomic E-state index is 12.9. The zero-order valence-electron chi connectivity index (χ0n) is 11.1. The molecule has 0 aliphatic heterocycles. The maximum Gasteiger partial charge on any atom is 0.123 e. The Morgan fingerprint density at radius 3 is 2.50 bits per heavy atom. The molecule has 0 bridgehead atoms. The minimum atomic E-state index is -0.209. The van der Waals surface area contributed by atoms with Crippen molar-refractivity contribution in [3.05, 3.63) is 30.1 Å². The topological polar surface area (TPSA) is 38.5 Å². The number of nitrogens with two attached hydrogens (primary N) is 1. The van der Waals surface area contributed by atoms with Crippen LogP contribution < -0.4 is 10.6 Å². The maximum atomic E-state index is 12.9. The van der Waals surface area contributed by atoms with E-state index in [0.29, 0.717) is 13.2 Å². The van der Waals surface area contributed by atoms with E-state index < -0.39 is 0 Å². The fourth-order valence-electron chi connectivity index (χ4n) is 1.73. The van der Waals surface area contributed by atoms with Gasteiger partial charge >= 0.3 is 0 Å². The first-order valence-corrected chi connectivity index (χ1v) is 6.56. The summed E-state index contributed by atoms with van der Waals surface area (Å²) in [7, 11) is 0. The van der Waals surface area contributed by atoms with Crippen LogP contribution >= 0.6 is 0 Å². The third kappa shape index (κ3) is 5.47. The molecule has 0 amide bonds. The van der Waals surface area contributed by atoms with Crippen LogP contribution in [0.25, 0.3) is 0 Å². The quantitative estimate of drug-likeness (QED) is 0.688. The van der Waals surface area contributed by atoms with E-state index in [-0.39, 0.29) is 5.82 Å². The number of rotatable bonds is 9. The zero-order chi connectivity index (χ0) is 13.2. The van der Waals surface area contributed by atoms with E-state index in [1.54, 1.807) is 12.1 Å². The molecule has 0 radical (unpaired) electrons. The van der Waals surface area contributed by atoms with Gasteiger partial charge in [0.05, 0.1) is 6.61 Å². The molecule has 0 spiro atoms. The Morgan fingerprint density at radius 1 is 1.17 bits per heavy atom. The Morgan fingerprint density at radius 2 is 1.89 bits per heavy atom. The molecule has 1 aromatic rings. The molecular weight excluding hydrogens is 231 g/mol. The molecule has 0 saturated heterocycles. The Balaban J connectivity index is 2.51. The predicted octanol–water partition coefficient (Wildman–Crippen LogP) is 2.41. The van der Waals surface area contributed by atoms with E-state index >= 15 is 0 Å². The van der Waals surface area contributed by atoms with Crippen LogP contribution in [-0.4, -0.2) is 32.8 Å². The lowest BCUT2D eigenvalue weighted by atomic mass is 10.2. The first-order chi connectivity index (χ1) is 8.77. The lowest BCUT2D eigenvalue weighted by Crippen LogP contribution is -2.29. The van der Waals surface area contributed by atoms with E-state index in [2.05, 4.69) is 11.8 Å². The van der Waals surface area contributed by atoms with Crippen LogP contribution in [0.4, 0.5) is 10.1 Å². The second-order valence-electron chi connectivity index (χ2n) is 4.22. The third-order valence-corrected chi connectivity index (χ3v) is 2.68. The zero-order valence-corrected chi connectivity index (χ0v) is 11.1. The summed E-state index contributed by atoms with van der Waals surface area (Å²) in [6.45, 7) is 5.91. The van der Waals surface area contributed by atoms with Crippen LogP contribution in [0.15, 0.2) is 24.3 Å². The predicted molar refractivity (Wildman–Crippen MR) is 73.4 cm³/mol.